The van der Waals surface area contributed by atoms with Crippen molar-refractivity contribution in [1.29, 1.82) is 0 Å². The van der Waals surface area contributed by atoms with Crippen LogP contribution in [0, 0.1) is 11.8 Å². The summed E-state index contributed by atoms with van der Waals surface area (Å²) in [5.74, 6) is -2.56. The Bertz CT molecular complexity index is 676. The SMILES string of the molecule is COC12CC3CC(C1)CC(OC(=O)C(F)(C(F)(F)F)S(=O)(=O)O)(C3)C2. The van der Waals surface area contributed by atoms with E-state index in [2.05, 4.69) is 0 Å². The number of ether oxygens (including phenoxy) is 2. The molecule has 6 nitrogen and oxygen atoms in total. The fourth-order valence-corrected chi connectivity index (χ4v) is 5.63. The number of halogens is 4. The Balaban J connectivity index is 1.92. The molecule has 4 rings (SSSR count). The molecule has 0 amide bonds. The van der Waals surface area contributed by atoms with Gasteiger partial charge in [0.1, 0.15) is 5.60 Å². The minimum absolute atomic E-state index is 0.0413. The summed E-state index contributed by atoms with van der Waals surface area (Å²) < 4.78 is 93.9. The summed E-state index contributed by atoms with van der Waals surface area (Å²) in [6, 6.07) is 0. The molecule has 4 bridgehead atoms. The number of carbonyl (C=O) groups excluding carboxylic acids is 1. The van der Waals surface area contributed by atoms with Gasteiger partial charge >= 0.3 is 27.3 Å². The highest BCUT2D eigenvalue weighted by Gasteiger charge is 2.74. The van der Waals surface area contributed by atoms with Crippen LogP contribution in [-0.2, 0) is 24.4 Å². The Morgan fingerprint density at radius 2 is 1.56 bits per heavy atom. The van der Waals surface area contributed by atoms with E-state index in [-0.39, 0.29) is 31.1 Å². The molecule has 4 fully saturated rings. The Labute approximate surface area is 141 Å². The molecule has 4 saturated carbocycles. The molecule has 25 heavy (non-hydrogen) atoms. The zero-order valence-corrected chi connectivity index (χ0v) is 14.1. The van der Waals surface area contributed by atoms with Gasteiger partial charge in [0.25, 0.3) is 0 Å². The summed E-state index contributed by atoms with van der Waals surface area (Å²) >= 11 is 0. The molecule has 11 heteroatoms. The lowest BCUT2D eigenvalue weighted by atomic mass is 9.52. The van der Waals surface area contributed by atoms with E-state index in [1.165, 1.54) is 7.11 Å². The molecule has 0 aromatic heterocycles. The highest BCUT2D eigenvalue weighted by atomic mass is 32.2. The normalized spacial score (nSPS) is 39.9. The first-order chi connectivity index (χ1) is 11.3. The van der Waals surface area contributed by atoms with Crippen LogP contribution in [0.1, 0.15) is 38.5 Å². The van der Waals surface area contributed by atoms with E-state index in [4.69, 9.17) is 14.0 Å². The lowest BCUT2D eigenvalue weighted by Crippen LogP contribution is -2.63. The molecule has 1 N–H and O–H groups in total. The molecule has 0 aliphatic heterocycles. The van der Waals surface area contributed by atoms with Crippen molar-refractivity contribution in [3.05, 3.63) is 0 Å². The van der Waals surface area contributed by atoms with Crippen LogP contribution < -0.4 is 0 Å². The monoisotopic (exact) mass is 390 g/mol. The van der Waals surface area contributed by atoms with Crippen molar-refractivity contribution in [2.24, 2.45) is 11.8 Å². The van der Waals surface area contributed by atoms with Gasteiger partial charge in [-0.3, -0.25) is 4.55 Å². The van der Waals surface area contributed by atoms with Crippen LogP contribution in [0.3, 0.4) is 0 Å². The van der Waals surface area contributed by atoms with E-state index in [0.29, 0.717) is 12.8 Å². The number of rotatable bonds is 4. The van der Waals surface area contributed by atoms with Crippen LogP contribution in [0.2, 0.25) is 0 Å². The average molecular weight is 390 g/mol. The third kappa shape index (κ3) is 2.74. The van der Waals surface area contributed by atoms with Gasteiger partial charge in [0, 0.05) is 13.5 Å². The van der Waals surface area contributed by atoms with Gasteiger partial charge in [-0.05, 0) is 43.9 Å². The second kappa shape index (κ2) is 5.29. The van der Waals surface area contributed by atoms with Crippen molar-refractivity contribution >= 4 is 16.1 Å². The third-order valence-electron chi connectivity index (χ3n) is 5.68. The van der Waals surface area contributed by atoms with E-state index < -0.39 is 38.5 Å². The fraction of sp³-hybridized carbons (Fsp3) is 0.929. The van der Waals surface area contributed by atoms with E-state index in [1.54, 1.807) is 0 Å². The Morgan fingerprint density at radius 3 is 1.96 bits per heavy atom. The van der Waals surface area contributed by atoms with Crippen LogP contribution >= 0.6 is 0 Å². The average Bonchev–Trinajstić information content (AvgIpc) is 2.41. The summed E-state index contributed by atoms with van der Waals surface area (Å²) in [6.07, 6.45) is -3.51. The third-order valence-corrected chi connectivity index (χ3v) is 6.79. The van der Waals surface area contributed by atoms with Gasteiger partial charge in [-0.15, -0.1) is 0 Å². The van der Waals surface area contributed by atoms with E-state index in [9.17, 15) is 30.8 Å². The number of carbonyl (C=O) groups is 1. The molecule has 0 spiro atoms. The highest BCUT2D eigenvalue weighted by molar-refractivity contribution is 7.88. The van der Waals surface area contributed by atoms with Gasteiger partial charge in [0.2, 0.25) is 0 Å². The highest BCUT2D eigenvalue weighted by Crippen LogP contribution is 2.60. The smallest absolute Gasteiger partial charge is 0.451 e. The largest absolute Gasteiger partial charge is 0.455 e. The Hall–Kier alpha value is -0.940. The minimum atomic E-state index is -6.42. The standard InChI is InChI=1S/C14H18F4O6S/c1-23-11-3-8-2-9(4-11)6-12(5-8,7-11)24-10(19)13(15,14(16,17)18)25(20,21)22/h8-9H,2-7H2,1H3,(H,20,21,22). The second-order valence-electron chi connectivity index (χ2n) is 7.49. The summed E-state index contributed by atoms with van der Waals surface area (Å²) in [6.45, 7) is 0. The van der Waals surface area contributed by atoms with Crippen LogP contribution in [0.4, 0.5) is 17.6 Å². The first-order valence-corrected chi connectivity index (χ1v) is 9.21. The van der Waals surface area contributed by atoms with Gasteiger partial charge < -0.3 is 9.47 Å². The number of methoxy groups -OCH3 is 1. The number of esters is 1. The Morgan fingerprint density at radius 1 is 1.08 bits per heavy atom. The summed E-state index contributed by atoms with van der Waals surface area (Å²) in [4.78, 5) is 11.9. The van der Waals surface area contributed by atoms with Crippen molar-refractivity contribution in [1.82, 2.24) is 0 Å². The van der Waals surface area contributed by atoms with Crippen LogP contribution in [-0.4, -0.2) is 48.4 Å². The quantitative estimate of drug-likeness (QED) is 0.450. The molecule has 3 atom stereocenters. The van der Waals surface area contributed by atoms with Gasteiger partial charge in [-0.2, -0.15) is 21.6 Å². The van der Waals surface area contributed by atoms with E-state index >= 15 is 0 Å². The van der Waals surface area contributed by atoms with Crippen molar-refractivity contribution < 1.29 is 44.8 Å². The van der Waals surface area contributed by atoms with Crippen molar-refractivity contribution in [3.63, 3.8) is 0 Å². The first-order valence-electron chi connectivity index (χ1n) is 7.77. The van der Waals surface area contributed by atoms with Crippen molar-refractivity contribution in [2.45, 2.75) is 60.9 Å². The molecule has 0 heterocycles. The molecule has 0 saturated heterocycles. The van der Waals surface area contributed by atoms with Crippen LogP contribution in [0.5, 0.6) is 0 Å². The van der Waals surface area contributed by atoms with Gasteiger partial charge in [0.15, 0.2) is 0 Å². The fourth-order valence-electron chi connectivity index (χ4n) is 5.08. The molecular weight excluding hydrogens is 372 g/mol. The molecule has 0 radical (unpaired) electrons. The van der Waals surface area contributed by atoms with Gasteiger partial charge in [0.05, 0.1) is 5.60 Å². The zero-order valence-electron chi connectivity index (χ0n) is 13.3. The summed E-state index contributed by atoms with van der Waals surface area (Å²) in [7, 11) is -4.97. The number of hydrogen-bond acceptors (Lipinski definition) is 5. The molecule has 0 aromatic carbocycles. The zero-order chi connectivity index (χ0) is 18.9. The predicted octanol–water partition coefficient (Wildman–Crippen LogP) is 2.38. The Kier molecular flexibility index (Phi) is 3.99. The maximum Gasteiger partial charge on any atom is 0.451 e. The number of alkyl halides is 4. The lowest BCUT2D eigenvalue weighted by molar-refractivity contribution is -0.249. The maximum absolute atomic E-state index is 14.2. The molecule has 4 aliphatic rings. The second-order valence-corrected chi connectivity index (χ2v) is 9.00. The predicted molar refractivity (Wildman–Crippen MR) is 74.7 cm³/mol. The maximum atomic E-state index is 14.2. The summed E-state index contributed by atoms with van der Waals surface area (Å²) in [5.41, 5.74) is -2.08. The topological polar surface area (TPSA) is 89.9 Å². The molecule has 0 aromatic rings. The molecule has 144 valence electrons. The van der Waals surface area contributed by atoms with Crippen LogP contribution in [0.25, 0.3) is 0 Å². The summed E-state index contributed by atoms with van der Waals surface area (Å²) in [5, 5.41) is -5.51. The number of hydrogen-bond donors (Lipinski definition) is 1. The minimum Gasteiger partial charge on any atom is -0.455 e. The van der Waals surface area contributed by atoms with E-state index in [1.807, 2.05) is 0 Å². The van der Waals surface area contributed by atoms with Gasteiger partial charge in [-0.25, -0.2) is 9.18 Å². The molecule has 4 aliphatic carbocycles. The lowest BCUT2D eigenvalue weighted by Gasteiger charge is -2.60. The van der Waals surface area contributed by atoms with E-state index in [0.717, 1.165) is 6.42 Å². The first kappa shape index (κ1) is 18.8. The molecular formula is C14H18F4O6S. The molecule has 3 unspecified atom stereocenters. The van der Waals surface area contributed by atoms with Crippen molar-refractivity contribution in [2.75, 3.05) is 7.11 Å². The van der Waals surface area contributed by atoms with Gasteiger partial charge in [-0.1, -0.05) is 0 Å². The van der Waals surface area contributed by atoms with Crippen LogP contribution in [0.15, 0.2) is 0 Å². The van der Waals surface area contributed by atoms with Crippen molar-refractivity contribution in [3.8, 4) is 0 Å².